The summed E-state index contributed by atoms with van der Waals surface area (Å²) in [6, 6.07) is 10.2. The zero-order chi connectivity index (χ0) is 17.2. The summed E-state index contributed by atoms with van der Waals surface area (Å²) >= 11 is 0. The molecule has 4 rings (SSSR count). The van der Waals surface area contributed by atoms with E-state index in [1.54, 1.807) is 0 Å². The van der Waals surface area contributed by atoms with Gasteiger partial charge in [-0.3, -0.25) is 9.78 Å². The van der Waals surface area contributed by atoms with E-state index in [1.165, 1.54) is 24.8 Å². The van der Waals surface area contributed by atoms with E-state index in [0.29, 0.717) is 13.1 Å². The molecule has 0 unspecified atom stereocenters. The number of aliphatic hydroxyl groups excluding tert-OH is 1. The van der Waals surface area contributed by atoms with Crippen LogP contribution in [-0.2, 0) is 11.2 Å². The molecule has 1 amide bonds. The second-order valence-electron chi connectivity index (χ2n) is 7.60. The van der Waals surface area contributed by atoms with Crippen molar-refractivity contribution < 1.29 is 9.90 Å². The number of pyridine rings is 1. The predicted octanol–water partition coefficient (Wildman–Crippen LogP) is 3.18. The summed E-state index contributed by atoms with van der Waals surface area (Å²) in [6.07, 6.45) is 7.82. The first-order valence-corrected chi connectivity index (χ1v) is 9.52. The summed E-state index contributed by atoms with van der Waals surface area (Å²) in [4.78, 5) is 19.1. The number of β-amino-alcohol motifs (C(OH)–C–C–N with tert-alkyl or cyclic N) is 1. The van der Waals surface area contributed by atoms with Crippen molar-refractivity contribution in [2.75, 3.05) is 13.1 Å². The third-order valence-corrected chi connectivity index (χ3v) is 5.89. The number of likely N-dealkylation sites (tertiary alicyclic amines) is 1. The molecule has 4 nitrogen and oxygen atoms in total. The van der Waals surface area contributed by atoms with Crippen molar-refractivity contribution in [1.29, 1.82) is 0 Å². The van der Waals surface area contributed by atoms with Gasteiger partial charge in [0.05, 0.1) is 11.6 Å². The fourth-order valence-corrected chi connectivity index (χ4v) is 4.46. The number of amides is 1. The average molecular weight is 338 g/mol. The molecule has 2 heterocycles. The Hall–Kier alpha value is -1.94. The molecule has 1 saturated carbocycles. The van der Waals surface area contributed by atoms with Crippen LogP contribution in [0.1, 0.15) is 37.7 Å². The van der Waals surface area contributed by atoms with Gasteiger partial charge in [-0.25, -0.2) is 0 Å². The number of hydrogen-bond acceptors (Lipinski definition) is 3. The first-order valence-electron chi connectivity index (χ1n) is 9.52. The fraction of sp³-hybridized carbons (Fsp3) is 0.524. The maximum atomic E-state index is 12.8. The van der Waals surface area contributed by atoms with Crippen LogP contribution >= 0.6 is 0 Å². The molecule has 1 aliphatic heterocycles. The van der Waals surface area contributed by atoms with Crippen molar-refractivity contribution in [3.63, 3.8) is 0 Å². The number of fused-ring (bicyclic) bond motifs is 1. The topological polar surface area (TPSA) is 53.4 Å². The summed E-state index contributed by atoms with van der Waals surface area (Å²) in [5.41, 5.74) is 2.20. The highest BCUT2D eigenvalue weighted by atomic mass is 16.3. The SMILES string of the molecule is O=C(C1CCCCC1)N1C[C@@H](Cc2ccnc3ccccc23)[C@H](O)C1. The highest BCUT2D eigenvalue weighted by Crippen LogP contribution is 2.30. The van der Waals surface area contributed by atoms with E-state index >= 15 is 0 Å². The van der Waals surface area contributed by atoms with Crippen molar-refractivity contribution in [3.8, 4) is 0 Å². The Morgan fingerprint density at radius 2 is 1.92 bits per heavy atom. The van der Waals surface area contributed by atoms with E-state index in [9.17, 15) is 9.90 Å². The van der Waals surface area contributed by atoms with Crippen molar-refractivity contribution in [2.24, 2.45) is 11.8 Å². The zero-order valence-corrected chi connectivity index (χ0v) is 14.6. The predicted molar refractivity (Wildman–Crippen MR) is 98.1 cm³/mol. The summed E-state index contributed by atoms with van der Waals surface area (Å²) in [6.45, 7) is 1.16. The molecule has 1 aromatic heterocycles. The zero-order valence-electron chi connectivity index (χ0n) is 14.6. The van der Waals surface area contributed by atoms with Gasteiger partial charge in [-0.05, 0) is 37.0 Å². The molecule has 2 aromatic rings. The number of benzene rings is 1. The maximum absolute atomic E-state index is 12.8. The third-order valence-electron chi connectivity index (χ3n) is 5.89. The third kappa shape index (κ3) is 3.40. The minimum atomic E-state index is -0.431. The Morgan fingerprint density at radius 1 is 1.12 bits per heavy atom. The van der Waals surface area contributed by atoms with Gasteiger partial charge in [-0.2, -0.15) is 0 Å². The van der Waals surface area contributed by atoms with Crippen LogP contribution in [0.4, 0.5) is 0 Å². The number of hydrogen-bond donors (Lipinski definition) is 1. The lowest BCUT2D eigenvalue weighted by Crippen LogP contribution is -2.36. The number of nitrogens with zero attached hydrogens (tertiary/aromatic N) is 2. The van der Waals surface area contributed by atoms with Crippen molar-refractivity contribution in [2.45, 2.75) is 44.6 Å². The first kappa shape index (κ1) is 16.5. The van der Waals surface area contributed by atoms with Gasteiger partial charge in [-0.1, -0.05) is 37.5 Å². The lowest BCUT2D eigenvalue weighted by atomic mass is 9.88. The highest BCUT2D eigenvalue weighted by molar-refractivity contribution is 5.82. The lowest BCUT2D eigenvalue weighted by Gasteiger charge is -2.26. The van der Waals surface area contributed by atoms with Gasteiger partial charge < -0.3 is 10.0 Å². The Kier molecular flexibility index (Phi) is 4.71. The molecule has 1 N–H and O–H groups in total. The van der Waals surface area contributed by atoms with Crippen molar-refractivity contribution in [1.82, 2.24) is 9.88 Å². The molecule has 132 valence electrons. The van der Waals surface area contributed by atoms with Crippen LogP contribution < -0.4 is 0 Å². The molecule has 0 spiro atoms. The van der Waals surface area contributed by atoms with Crippen LogP contribution in [0, 0.1) is 11.8 Å². The van der Waals surface area contributed by atoms with E-state index in [2.05, 4.69) is 11.1 Å². The van der Waals surface area contributed by atoms with Crippen LogP contribution in [0.2, 0.25) is 0 Å². The van der Waals surface area contributed by atoms with Gasteiger partial charge >= 0.3 is 0 Å². The summed E-state index contributed by atoms with van der Waals surface area (Å²) < 4.78 is 0. The lowest BCUT2D eigenvalue weighted by molar-refractivity contribution is -0.135. The smallest absolute Gasteiger partial charge is 0.225 e. The van der Waals surface area contributed by atoms with Crippen LogP contribution in [0.3, 0.4) is 0 Å². The molecule has 0 bridgehead atoms. The van der Waals surface area contributed by atoms with E-state index in [0.717, 1.165) is 30.2 Å². The largest absolute Gasteiger partial charge is 0.391 e. The number of carbonyl (C=O) groups excluding carboxylic acids is 1. The van der Waals surface area contributed by atoms with Gasteiger partial charge in [0, 0.05) is 36.5 Å². The Balaban J connectivity index is 1.47. The first-order chi connectivity index (χ1) is 12.2. The van der Waals surface area contributed by atoms with Crippen LogP contribution in [0.25, 0.3) is 10.9 Å². The number of para-hydroxylation sites is 1. The second kappa shape index (κ2) is 7.12. The van der Waals surface area contributed by atoms with Crippen LogP contribution in [-0.4, -0.2) is 40.1 Å². The molecule has 0 radical (unpaired) electrons. The fourth-order valence-electron chi connectivity index (χ4n) is 4.46. The number of carbonyl (C=O) groups is 1. The molecule has 4 heteroatoms. The Bertz CT molecular complexity index is 749. The molecule has 25 heavy (non-hydrogen) atoms. The van der Waals surface area contributed by atoms with E-state index in [-0.39, 0.29) is 17.7 Å². The minimum Gasteiger partial charge on any atom is -0.391 e. The summed E-state index contributed by atoms with van der Waals surface area (Å²) in [5.74, 6) is 0.556. The minimum absolute atomic E-state index is 0.110. The Morgan fingerprint density at radius 3 is 2.76 bits per heavy atom. The summed E-state index contributed by atoms with van der Waals surface area (Å²) in [7, 11) is 0. The molecular weight excluding hydrogens is 312 g/mol. The number of aliphatic hydroxyl groups is 1. The quantitative estimate of drug-likeness (QED) is 0.935. The molecule has 1 aromatic carbocycles. The van der Waals surface area contributed by atoms with Gasteiger partial charge in [0.2, 0.25) is 5.91 Å². The van der Waals surface area contributed by atoms with E-state index in [1.807, 2.05) is 35.4 Å². The van der Waals surface area contributed by atoms with Gasteiger partial charge in [0.15, 0.2) is 0 Å². The molecule has 2 atom stereocenters. The van der Waals surface area contributed by atoms with Crippen molar-refractivity contribution >= 4 is 16.8 Å². The molecular formula is C21H26N2O2. The number of rotatable bonds is 3. The molecule has 1 aliphatic carbocycles. The van der Waals surface area contributed by atoms with Crippen LogP contribution in [0.15, 0.2) is 36.5 Å². The molecule has 2 fully saturated rings. The van der Waals surface area contributed by atoms with Gasteiger partial charge in [0.1, 0.15) is 0 Å². The van der Waals surface area contributed by atoms with Gasteiger partial charge in [-0.15, -0.1) is 0 Å². The monoisotopic (exact) mass is 338 g/mol. The Labute approximate surface area is 148 Å². The van der Waals surface area contributed by atoms with Gasteiger partial charge in [0.25, 0.3) is 0 Å². The second-order valence-corrected chi connectivity index (χ2v) is 7.60. The number of aromatic nitrogens is 1. The highest BCUT2D eigenvalue weighted by Gasteiger charge is 2.36. The molecule has 2 aliphatic rings. The maximum Gasteiger partial charge on any atom is 0.225 e. The van der Waals surface area contributed by atoms with Crippen molar-refractivity contribution in [3.05, 3.63) is 42.1 Å². The average Bonchev–Trinajstić information content (AvgIpc) is 3.03. The normalized spacial score (nSPS) is 24.8. The van der Waals surface area contributed by atoms with E-state index < -0.39 is 6.10 Å². The van der Waals surface area contributed by atoms with E-state index in [4.69, 9.17) is 0 Å². The standard InChI is InChI=1S/C21H26N2O2/c24-20-14-23(21(25)15-6-2-1-3-7-15)13-17(20)12-16-10-11-22-19-9-5-4-8-18(16)19/h4-5,8-11,15,17,20,24H,1-3,6-7,12-14H2/t17-,20-/m1/s1. The van der Waals surface area contributed by atoms with Crippen LogP contribution in [0.5, 0.6) is 0 Å². The summed E-state index contributed by atoms with van der Waals surface area (Å²) in [5, 5.41) is 11.7. The molecule has 1 saturated heterocycles.